The Morgan fingerprint density at radius 1 is 1.60 bits per heavy atom. The molecule has 1 heterocycles. The monoisotopic (exact) mass is 222 g/mol. The van der Waals surface area contributed by atoms with E-state index in [9.17, 15) is 13.6 Å². The van der Waals surface area contributed by atoms with Gasteiger partial charge >= 0.3 is 6.09 Å². The lowest BCUT2D eigenvalue weighted by atomic mass is 9.89. The highest BCUT2D eigenvalue weighted by atomic mass is 19.3. The Kier molecular flexibility index (Phi) is 3.84. The molecule has 88 valence electrons. The number of piperidine rings is 1. The Bertz CT molecular complexity index is 236. The molecule has 3 N–H and O–H groups in total. The van der Waals surface area contributed by atoms with Crippen LogP contribution in [-0.4, -0.2) is 41.7 Å². The van der Waals surface area contributed by atoms with Gasteiger partial charge in [0.05, 0.1) is 6.54 Å². The molecule has 0 aromatic heterocycles. The topological polar surface area (TPSA) is 66.6 Å². The summed E-state index contributed by atoms with van der Waals surface area (Å²) in [7, 11) is 0. The first kappa shape index (κ1) is 12.2. The average molecular weight is 222 g/mol. The molecule has 15 heavy (non-hydrogen) atoms. The van der Waals surface area contributed by atoms with E-state index in [-0.39, 0.29) is 13.0 Å². The largest absolute Gasteiger partial charge is 0.465 e. The molecule has 0 aromatic carbocycles. The molecule has 1 saturated heterocycles. The number of likely N-dealkylation sites (tertiary alicyclic amines) is 1. The van der Waals surface area contributed by atoms with Crippen molar-refractivity contribution in [2.24, 2.45) is 11.7 Å². The molecule has 0 saturated carbocycles. The third-order valence-electron chi connectivity index (χ3n) is 2.77. The van der Waals surface area contributed by atoms with Gasteiger partial charge in [-0.1, -0.05) is 0 Å². The predicted octanol–water partition coefficient (Wildman–Crippen LogP) is 1.36. The maximum Gasteiger partial charge on any atom is 0.407 e. The van der Waals surface area contributed by atoms with Crippen molar-refractivity contribution in [2.45, 2.75) is 25.2 Å². The molecule has 1 atom stereocenters. The van der Waals surface area contributed by atoms with E-state index in [0.29, 0.717) is 19.4 Å². The van der Waals surface area contributed by atoms with Crippen molar-refractivity contribution < 1.29 is 18.7 Å². The number of nitrogens with two attached hydrogens (primary N) is 1. The summed E-state index contributed by atoms with van der Waals surface area (Å²) in [5, 5.41) is 8.61. The van der Waals surface area contributed by atoms with Crippen LogP contribution in [0.3, 0.4) is 0 Å². The number of hydrogen-bond acceptors (Lipinski definition) is 2. The van der Waals surface area contributed by atoms with Gasteiger partial charge in [0.2, 0.25) is 0 Å². The van der Waals surface area contributed by atoms with Gasteiger partial charge in [-0.3, -0.25) is 0 Å². The van der Waals surface area contributed by atoms with Gasteiger partial charge in [0.25, 0.3) is 5.92 Å². The molecule has 1 fully saturated rings. The van der Waals surface area contributed by atoms with Crippen molar-refractivity contribution in [3.8, 4) is 0 Å². The quantitative estimate of drug-likeness (QED) is 0.757. The number of hydrogen-bond donors (Lipinski definition) is 2. The molecular formula is C9H16F2N2O2. The second kappa shape index (κ2) is 4.74. The summed E-state index contributed by atoms with van der Waals surface area (Å²) >= 11 is 0. The fourth-order valence-electron chi connectivity index (χ4n) is 1.87. The minimum atomic E-state index is -2.91. The van der Waals surface area contributed by atoms with Crippen molar-refractivity contribution in [2.75, 3.05) is 19.6 Å². The highest BCUT2D eigenvalue weighted by molar-refractivity contribution is 5.65. The zero-order chi connectivity index (χ0) is 11.5. The van der Waals surface area contributed by atoms with Crippen LogP contribution < -0.4 is 5.73 Å². The number of nitrogens with zero attached hydrogens (tertiary/aromatic N) is 1. The number of carbonyl (C=O) groups is 1. The van der Waals surface area contributed by atoms with E-state index in [1.54, 1.807) is 0 Å². The van der Waals surface area contributed by atoms with E-state index >= 15 is 0 Å². The zero-order valence-corrected chi connectivity index (χ0v) is 8.46. The average Bonchev–Trinajstić information content (AvgIpc) is 2.14. The maximum atomic E-state index is 13.5. The molecule has 1 aliphatic rings. The van der Waals surface area contributed by atoms with Crippen LogP contribution >= 0.6 is 0 Å². The standard InChI is InChI=1S/C9H16F2N2O2/c10-9(11)6-13(8(14)15)5-3-7(9)2-1-4-12/h7H,1-6,12H2,(H,14,15). The molecule has 0 aliphatic carbocycles. The second-order valence-electron chi connectivity index (χ2n) is 3.88. The maximum absolute atomic E-state index is 13.5. The Hall–Kier alpha value is -0.910. The van der Waals surface area contributed by atoms with Crippen molar-refractivity contribution in [3.05, 3.63) is 0 Å². The van der Waals surface area contributed by atoms with Crippen LogP contribution in [-0.2, 0) is 0 Å². The lowest BCUT2D eigenvalue weighted by molar-refractivity contribution is -0.106. The van der Waals surface area contributed by atoms with Crippen LogP contribution in [0.15, 0.2) is 0 Å². The Morgan fingerprint density at radius 3 is 2.73 bits per heavy atom. The fourth-order valence-corrected chi connectivity index (χ4v) is 1.87. The number of alkyl halides is 2. The van der Waals surface area contributed by atoms with E-state index in [2.05, 4.69) is 0 Å². The first-order valence-electron chi connectivity index (χ1n) is 5.03. The minimum Gasteiger partial charge on any atom is -0.465 e. The van der Waals surface area contributed by atoms with E-state index in [4.69, 9.17) is 10.8 Å². The third kappa shape index (κ3) is 3.02. The van der Waals surface area contributed by atoms with Gasteiger partial charge in [-0.05, 0) is 25.8 Å². The molecule has 6 heteroatoms. The van der Waals surface area contributed by atoms with Gasteiger partial charge < -0.3 is 15.7 Å². The molecule has 1 rings (SSSR count). The lowest BCUT2D eigenvalue weighted by Gasteiger charge is -2.37. The SMILES string of the molecule is NCCCC1CCN(C(=O)O)CC1(F)F. The molecular weight excluding hydrogens is 206 g/mol. The minimum absolute atomic E-state index is 0.195. The molecule has 1 aliphatic heterocycles. The number of amides is 1. The molecule has 0 bridgehead atoms. The van der Waals surface area contributed by atoms with Crippen LogP contribution in [0.1, 0.15) is 19.3 Å². The van der Waals surface area contributed by atoms with Crippen molar-refractivity contribution >= 4 is 6.09 Å². The summed E-state index contributed by atoms with van der Waals surface area (Å²) in [6.45, 7) is -0.0903. The summed E-state index contributed by atoms with van der Waals surface area (Å²) in [5.74, 6) is -3.64. The summed E-state index contributed by atoms with van der Waals surface area (Å²) in [6, 6.07) is 0. The first-order chi connectivity index (χ1) is 6.97. The van der Waals surface area contributed by atoms with Gasteiger partial charge in [0, 0.05) is 12.5 Å². The third-order valence-corrected chi connectivity index (χ3v) is 2.77. The van der Waals surface area contributed by atoms with Gasteiger partial charge in [0.15, 0.2) is 0 Å². The van der Waals surface area contributed by atoms with E-state index in [1.165, 1.54) is 0 Å². The van der Waals surface area contributed by atoms with Crippen molar-refractivity contribution in [3.63, 3.8) is 0 Å². The van der Waals surface area contributed by atoms with Gasteiger partial charge in [-0.15, -0.1) is 0 Å². The van der Waals surface area contributed by atoms with E-state index in [0.717, 1.165) is 4.90 Å². The van der Waals surface area contributed by atoms with Crippen LogP contribution in [0.2, 0.25) is 0 Å². The van der Waals surface area contributed by atoms with E-state index < -0.39 is 24.5 Å². The molecule has 0 radical (unpaired) electrons. The zero-order valence-electron chi connectivity index (χ0n) is 8.46. The van der Waals surface area contributed by atoms with Crippen LogP contribution in [0.25, 0.3) is 0 Å². The Labute approximate surface area is 87.0 Å². The highest BCUT2D eigenvalue weighted by Crippen LogP contribution is 2.35. The van der Waals surface area contributed by atoms with Crippen LogP contribution in [0.4, 0.5) is 13.6 Å². The molecule has 0 spiro atoms. The van der Waals surface area contributed by atoms with Gasteiger partial charge in [0.1, 0.15) is 0 Å². The van der Waals surface area contributed by atoms with Gasteiger partial charge in [-0.25, -0.2) is 13.6 Å². The van der Waals surface area contributed by atoms with Crippen LogP contribution in [0.5, 0.6) is 0 Å². The van der Waals surface area contributed by atoms with Crippen molar-refractivity contribution in [1.29, 1.82) is 0 Å². The van der Waals surface area contributed by atoms with Gasteiger partial charge in [-0.2, -0.15) is 0 Å². The molecule has 1 unspecified atom stereocenters. The highest BCUT2D eigenvalue weighted by Gasteiger charge is 2.45. The summed E-state index contributed by atoms with van der Waals surface area (Å²) in [4.78, 5) is 11.3. The molecule has 0 aromatic rings. The number of rotatable bonds is 3. The Balaban J connectivity index is 2.54. The van der Waals surface area contributed by atoms with Crippen molar-refractivity contribution in [1.82, 2.24) is 4.90 Å². The molecule has 4 nitrogen and oxygen atoms in total. The normalized spacial score (nSPS) is 25.3. The number of halogens is 2. The van der Waals surface area contributed by atoms with Crippen LogP contribution in [0, 0.1) is 5.92 Å². The van der Waals surface area contributed by atoms with E-state index in [1.807, 2.05) is 0 Å². The first-order valence-corrected chi connectivity index (χ1v) is 5.03. The summed E-state index contributed by atoms with van der Waals surface area (Å²) < 4.78 is 26.9. The lowest BCUT2D eigenvalue weighted by Crippen LogP contribution is -2.50. The summed E-state index contributed by atoms with van der Waals surface area (Å²) in [5.41, 5.74) is 5.26. The number of carboxylic acid groups (broad SMARTS) is 1. The fraction of sp³-hybridized carbons (Fsp3) is 0.889. The smallest absolute Gasteiger partial charge is 0.407 e. The molecule has 1 amide bonds. The Morgan fingerprint density at radius 2 is 2.27 bits per heavy atom. The predicted molar refractivity (Wildman–Crippen MR) is 50.9 cm³/mol. The summed E-state index contributed by atoms with van der Waals surface area (Å²) in [6.07, 6.45) is -0.115. The second-order valence-corrected chi connectivity index (χ2v) is 3.88.